The van der Waals surface area contributed by atoms with Crippen LogP contribution in [0.3, 0.4) is 0 Å². The Hall–Kier alpha value is -3.35. The van der Waals surface area contributed by atoms with Gasteiger partial charge in [-0.2, -0.15) is 5.10 Å². The van der Waals surface area contributed by atoms with E-state index in [0.29, 0.717) is 5.39 Å². The molecule has 7 nitrogen and oxygen atoms in total. The number of ether oxygens (including phenoxy) is 1. The third-order valence-electron chi connectivity index (χ3n) is 3.52. The lowest BCUT2D eigenvalue weighted by molar-refractivity contribution is -0.121. The van der Waals surface area contributed by atoms with Crippen LogP contribution >= 0.6 is 0 Å². The Balaban J connectivity index is 1.58. The van der Waals surface area contributed by atoms with Crippen LogP contribution in [0.15, 0.2) is 48.5 Å². The number of hydrogen-bond acceptors (Lipinski definition) is 4. The first-order chi connectivity index (χ1) is 11.7. The van der Waals surface area contributed by atoms with Crippen molar-refractivity contribution in [3.8, 4) is 5.75 Å². The molecule has 2 amide bonds. The monoisotopic (exact) mass is 324 g/mol. The number of hydrazine groups is 1. The number of methoxy groups -OCH3 is 1. The van der Waals surface area contributed by atoms with Crippen molar-refractivity contribution < 1.29 is 14.3 Å². The molecule has 2 aromatic carbocycles. The lowest BCUT2D eigenvalue weighted by Gasteiger charge is -2.07. The fraction of sp³-hybridized carbons (Fsp3) is 0.118. The van der Waals surface area contributed by atoms with Gasteiger partial charge in [0.25, 0.3) is 5.91 Å². The van der Waals surface area contributed by atoms with Crippen molar-refractivity contribution in [1.82, 2.24) is 21.0 Å². The highest BCUT2D eigenvalue weighted by Gasteiger charge is 2.14. The van der Waals surface area contributed by atoms with Crippen LogP contribution in [0.1, 0.15) is 16.1 Å². The summed E-state index contributed by atoms with van der Waals surface area (Å²) in [5, 5.41) is 7.44. The second-order valence-corrected chi connectivity index (χ2v) is 5.14. The van der Waals surface area contributed by atoms with E-state index < -0.39 is 5.91 Å². The zero-order valence-electron chi connectivity index (χ0n) is 13.0. The van der Waals surface area contributed by atoms with E-state index in [0.717, 1.165) is 16.8 Å². The maximum absolute atomic E-state index is 12.1. The molecule has 0 saturated heterocycles. The Morgan fingerprint density at radius 1 is 1.08 bits per heavy atom. The summed E-state index contributed by atoms with van der Waals surface area (Å²) in [4.78, 5) is 24.1. The van der Waals surface area contributed by atoms with Gasteiger partial charge in [0.15, 0.2) is 5.69 Å². The highest BCUT2D eigenvalue weighted by molar-refractivity contribution is 6.05. The molecule has 7 heteroatoms. The van der Waals surface area contributed by atoms with Crippen molar-refractivity contribution in [3.63, 3.8) is 0 Å². The van der Waals surface area contributed by atoms with Gasteiger partial charge < -0.3 is 4.74 Å². The summed E-state index contributed by atoms with van der Waals surface area (Å²) in [6.07, 6.45) is 0.144. The fourth-order valence-electron chi connectivity index (χ4n) is 2.30. The number of para-hydroxylation sites is 1. The van der Waals surface area contributed by atoms with E-state index in [9.17, 15) is 9.59 Å². The molecular weight excluding hydrogens is 308 g/mol. The number of rotatable bonds is 4. The largest absolute Gasteiger partial charge is 0.497 e. The number of nitrogens with zero attached hydrogens (tertiary/aromatic N) is 1. The minimum Gasteiger partial charge on any atom is -0.497 e. The number of carbonyl (C=O) groups excluding carboxylic acids is 2. The van der Waals surface area contributed by atoms with Crippen molar-refractivity contribution in [2.75, 3.05) is 7.11 Å². The molecule has 0 aliphatic heterocycles. The van der Waals surface area contributed by atoms with E-state index in [4.69, 9.17) is 4.74 Å². The summed E-state index contributed by atoms with van der Waals surface area (Å²) in [6.45, 7) is 0. The molecule has 122 valence electrons. The zero-order valence-corrected chi connectivity index (χ0v) is 13.0. The predicted molar refractivity (Wildman–Crippen MR) is 88.4 cm³/mol. The summed E-state index contributed by atoms with van der Waals surface area (Å²) >= 11 is 0. The number of nitrogens with one attached hydrogen (secondary N) is 3. The molecule has 0 bridgehead atoms. The lowest BCUT2D eigenvalue weighted by atomic mass is 10.1. The van der Waals surface area contributed by atoms with E-state index in [1.54, 1.807) is 37.4 Å². The quantitative estimate of drug-likeness (QED) is 0.635. The van der Waals surface area contributed by atoms with Gasteiger partial charge >= 0.3 is 0 Å². The van der Waals surface area contributed by atoms with Gasteiger partial charge in [0.1, 0.15) is 5.75 Å². The molecule has 0 saturated carbocycles. The molecule has 1 aromatic heterocycles. The summed E-state index contributed by atoms with van der Waals surface area (Å²) in [5.74, 6) is -0.0817. The molecule has 1 heterocycles. The number of benzene rings is 2. The van der Waals surface area contributed by atoms with E-state index in [-0.39, 0.29) is 18.0 Å². The number of H-pyrrole nitrogens is 1. The van der Waals surface area contributed by atoms with Gasteiger partial charge in [-0.15, -0.1) is 0 Å². The summed E-state index contributed by atoms with van der Waals surface area (Å²) < 4.78 is 5.06. The smallest absolute Gasteiger partial charge is 0.290 e. The number of hydrogen-bond donors (Lipinski definition) is 3. The highest BCUT2D eigenvalue weighted by atomic mass is 16.5. The normalized spacial score (nSPS) is 10.4. The van der Waals surface area contributed by atoms with Gasteiger partial charge in [-0.1, -0.05) is 30.3 Å². The van der Waals surface area contributed by atoms with Crippen molar-refractivity contribution in [2.45, 2.75) is 6.42 Å². The fourth-order valence-corrected chi connectivity index (χ4v) is 2.30. The highest BCUT2D eigenvalue weighted by Crippen LogP contribution is 2.14. The molecule has 24 heavy (non-hydrogen) atoms. The molecule has 3 rings (SSSR count). The van der Waals surface area contributed by atoms with Crippen LogP contribution in [0.2, 0.25) is 0 Å². The van der Waals surface area contributed by atoms with Crippen molar-refractivity contribution in [1.29, 1.82) is 0 Å². The lowest BCUT2D eigenvalue weighted by Crippen LogP contribution is -2.42. The number of fused-ring (bicyclic) bond motifs is 1. The van der Waals surface area contributed by atoms with Crippen LogP contribution < -0.4 is 15.6 Å². The number of aromatic nitrogens is 2. The Bertz CT molecular complexity index is 871. The predicted octanol–water partition coefficient (Wildman–Crippen LogP) is 1.58. The van der Waals surface area contributed by atoms with Crippen molar-refractivity contribution >= 4 is 22.7 Å². The van der Waals surface area contributed by atoms with Gasteiger partial charge in [-0.05, 0) is 23.8 Å². The van der Waals surface area contributed by atoms with E-state index in [2.05, 4.69) is 21.0 Å². The minimum atomic E-state index is -0.476. The minimum absolute atomic E-state index is 0.144. The zero-order chi connectivity index (χ0) is 16.9. The average molecular weight is 324 g/mol. The molecule has 3 N–H and O–H groups in total. The van der Waals surface area contributed by atoms with Gasteiger partial charge in [-0.3, -0.25) is 25.5 Å². The summed E-state index contributed by atoms with van der Waals surface area (Å²) in [6, 6.07) is 14.4. The SMILES string of the molecule is COc1ccc(CC(=O)NNC(=O)c2n[nH]c3ccccc23)cc1. The van der Waals surface area contributed by atoms with Gasteiger partial charge in [0.05, 0.1) is 19.0 Å². The Morgan fingerprint density at radius 3 is 2.58 bits per heavy atom. The summed E-state index contributed by atoms with van der Waals surface area (Å²) in [5.41, 5.74) is 6.56. The molecular formula is C17H16N4O3. The van der Waals surface area contributed by atoms with Crippen LogP contribution in [0.5, 0.6) is 5.75 Å². The molecule has 3 aromatic rings. The van der Waals surface area contributed by atoms with Crippen LogP contribution in [0.4, 0.5) is 0 Å². The number of carbonyl (C=O) groups is 2. The van der Waals surface area contributed by atoms with Crippen LogP contribution in [-0.4, -0.2) is 29.1 Å². The Kier molecular flexibility index (Phi) is 4.42. The number of aromatic amines is 1. The molecule has 0 radical (unpaired) electrons. The van der Waals surface area contributed by atoms with Crippen molar-refractivity contribution in [3.05, 3.63) is 59.8 Å². The summed E-state index contributed by atoms with van der Waals surface area (Å²) in [7, 11) is 1.58. The molecule has 0 atom stereocenters. The first-order valence-corrected chi connectivity index (χ1v) is 7.32. The number of amides is 2. The van der Waals surface area contributed by atoms with Crippen LogP contribution in [0.25, 0.3) is 10.9 Å². The molecule has 0 spiro atoms. The maximum Gasteiger partial charge on any atom is 0.290 e. The van der Waals surface area contributed by atoms with Crippen molar-refractivity contribution in [2.24, 2.45) is 0 Å². The van der Waals surface area contributed by atoms with E-state index in [1.165, 1.54) is 0 Å². The van der Waals surface area contributed by atoms with Crippen LogP contribution in [-0.2, 0) is 11.2 Å². The molecule has 0 aliphatic rings. The average Bonchev–Trinajstić information content (AvgIpc) is 3.04. The van der Waals surface area contributed by atoms with Gasteiger partial charge in [0.2, 0.25) is 5.91 Å². The standard InChI is InChI=1S/C17H16N4O3/c1-24-12-8-6-11(7-9-12)10-15(22)19-21-17(23)16-13-4-2-3-5-14(13)18-20-16/h2-9H,10H2,1H3,(H,18,20)(H,19,22)(H,21,23). The first-order valence-electron chi connectivity index (χ1n) is 7.32. The molecule has 0 fully saturated rings. The topological polar surface area (TPSA) is 96.1 Å². The third-order valence-corrected chi connectivity index (χ3v) is 3.52. The van der Waals surface area contributed by atoms with E-state index >= 15 is 0 Å². The second-order valence-electron chi connectivity index (χ2n) is 5.14. The Morgan fingerprint density at radius 2 is 1.83 bits per heavy atom. The van der Waals surface area contributed by atoms with Gasteiger partial charge in [-0.25, -0.2) is 0 Å². The molecule has 0 unspecified atom stereocenters. The third kappa shape index (κ3) is 3.35. The van der Waals surface area contributed by atoms with Gasteiger partial charge in [0, 0.05) is 5.39 Å². The van der Waals surface area contributed by atoms with E-state index in [1.807, 2.05) is 18.2 Å². The maximum atomic E-state index is 12.1. The Labute approximate surface area is 138 Å². The molecule has 0 aliphatic carbocycles. The van der Waals surface area contributed by atoms with Crippen LogP contribution in [0, 0.1) is 0 Å². The second kappa shape index (κ2) is 6.82. The first kappa shape index (κ1) is 15.5.